The molecule has 0 amide bonds. The molecule has 1 atom stereocenters. The first-order valence-electron chi connectivity index (χ1n) is 5.45. The fourth-order valence-electron chi connectivity index (χ4n) is 1.70. The fraction of sp³-hybridized carbons (Fsp3) is 0.417. The van der Waals surface area contributed by atoms with Gasteiger partial charge in [-0.1, -0.05) is 66.2 Å². The maximum atomic E-state index is 11.3. The number of hydrogen-bond donors (Lipinski definition) is 1. The molecule has 0 aliphatic carbocycles. The molecule has 18 heavy (non-hydrogen) atoms. The van der Waals surface area contributed by atoms with E-state index in [1.165, 1.54) is 6.07 Å². The zero-order valence-corrected chi connectivity index (χ0v) is 12.7. The standard InChI is InChI=1S/C12H12Cl4O2/c1-2-3-4-6(12(17)18)9-10(15)7(13)5-8(14)11(9)16/h5-6H,2-4H2,1H3,(H,17,18). The van der Waals surface area contributed by atoms with Crippen LogP contribution in [0.2, 0.25) is 20.1 Å². The van der Waals surface area contributed by atoms with Gasteiger partial charge in [0.2, 0.25) is 0 Å². The Morgan fingerprint density at radius 3 is 2.11 bits per heavy atom. The monoisotopic (exact) mass is 328 g/mol. The highest BCUT2D eigenvalue weighted by molar-refractivity contribution is 6.48. The van der Waals surface area contributed by atoms with E-state index in [4.69, 9.17) is 46.4 Å². The number of benzene rings is 1. The Bertz CT molecular complexity index is 434. The van der Waals surface area contributed by atoms with Crippen molar-refractivity contribution in [3.63, 3.8) is 0 Å². The lowest BCUT2D eigenvalue weighted by Crippen LogP contribution is -2.13. The van der Waals surface area contributed by atoms with Crippen molar-refractivity contribution in [2.45, 2.75) is 32.1 Å². The predicted octanol–water partition coefficient (Wildman–Crippen LogP) is 5.66. The highest BCUT2D eigenvalue weighted by Gasteiger charge is 2.27. The second kappa shape index (κ2) is 6.85. The van der Waals surface area contributed by atoms with Crippen molar-refractivity contribution < 1.29 is 9.90 Å². The molecule has 6 heteroatoms. The molecule has 0 saturated heterocycles. The molecule has 100 valence electrons. The van der Waals surface area contributed by atoms with Crippen molar-refractivity contribution in [1.29, 1.82) is 0 Å². The van der Waals surface area contributed by atoms with Crippen molar-refractivity contribution in [3.05, 3.63) is 31.7 Å². The van der Waals surface area contributed by atoms with Crippen LogP contribution >= 0.6 is 46.4 Å². The van der Waals surface area contributed by atoms with Crippen LogP contribution in [0.4, 0.5) is 0 Å². The molecule has 0 spiro atoms. The van der Waals surface area contributed by atoms with E-state index < -0.39 is 11.9 Å². The van der Waals surface area contributed by atoms with Crippen molar-refractivity contribution in [2.24, 2.45) is 0 Å². The van der Waals surface area contributed by atoms with E-state index in [1.807, 2.05) is 6.92 Å². The Labute approximate surface area is 126 Å². The molecule has 0 radical (unpaired) electrons. The van der Waals surface area contributed by atoms with E-state index in [9.17, 15) is 9.90 Å². The summed E-state index contributed by atoms with van der Waals surface area (Å²) < 4.78 is 0. The van der Waals surface area contributed by atoms with Gasteiger partial charge in [0.15, 0.2) is 0 Å². The lowest BCUT2D eigenvalue weighted by atomic mass is 9.93. The smallest absolute Gasteiger partial charge is 0.311 e. The van der Waals surface area contributed by atoms with Gasteiger partial charge < -0.3 is 5.11 Å². The minimum absolute atomic E-state index is 0.162. The van der Waals surface area contributed by atoms with Crippen LogP contribution < -0.4 is 0 Å². The first-order valence-corrected chi connectivity index (χ1v) is 6.97. The van der Waals surface area contributed by atoms with Gasteiger partial charge in [0.05, 0.1) is 26.0 Å². The minimum Gasteiger partial charge on any atom is -0.481 e. The van der Waals surface area contributed by atoms with E-state index in [0.717, 1.165) is 12.8 Å². The second-order valence-corrected chi connectivity index (χ2v) is 5.49. The lowest BCUT2D eigenvalue weighted by molar-refractivity contribution is -0.139. The molecule has 1 aromatic rings. The summed E-state index contributed by atoms with van der Waals surface area (Å²) in [5.74, 6) is -1.77. The molecule has 0 saturated carbocycles. The summed E-state index contributed by atoms with van der Waals surface area (Å²) in [7, 11) is 0. The Morgan fingerprint density at radius 1 is 1.22 bits per heavy atom. The lowest BCUT2D eigenvalue weighted by Gasteiger charge is -2.17. The molecule has 0 fully saturated rings. The fourth-order valence-corrected chi connectivity index (χ4v) is 2.78. The van der Waals surface area contributed by atoms with Crippen LogP contribution in [0, 0.1) is 0 Å². The molecule has 0 heterocycles. The SMILES string of the molecule is CCCCC(C(=O)O)c1c(Cl)c(Cl)cc(Cl)c1Cl. The molecular weight excluding hydrogens is 318 g/mol. The van der Waals surface area contributed by atoms with Crippen LogP contribution in [0.3, 0.4) is 0 Å². The van der Waals surface area contributed by atoms with Crippen LogP contribution in [0.5, 0.6) is 0 Å². The van der Waals surface area contributed by atoms with E-state index in [2.05, 4.69) is 0 Å². The Hall–Kier alpha value is -0.150. The normalized spacial score (nSPS) is 12.5. The molecule has 1 rings (SSSR count). The summed E-state index contributed by atoms with van der Waals surface area (Å²) in [4.78, 5) is 11.3. The van der Waals surface area contributed by atoms with Crippen LogP contribution in [-0.4, -0.2) is 11.1 Å². The third-order valence-electron chi connectivity index (χ3n) is 2.64. The average Bonchev–Trinajstić information content (AvgIpc) is 2.30. The highest BCUT2D eigenvalue weighted by atomic mass is 35.5. The van der Waals surface area contributed by atoms with Crippen molar-refractivity contribution in [3.8, 4) is 0 Å². The van der Waals surface area contributed by atoms with Gasteiger partial charge in [-0.3, -0.25) is 4.79 Å². The third kappa shape index (κ3) is 3.45. The van der Waals surface area contributed by atoms with Crippen LogP contribution in [0.25, 0.3) is 0 Å². The quantitative estimate of drug-likeness (QED) is 0.708. The molecular formula is C12H12Cl4O2. The van der Waals surface area contributed by atoms with Gasteiger partial charge in [-0.15, -0.1) is 0 Å². The Kier molecular flexibility index (Phi) is 6.06. The average molecular weight is 330 g/mol. The van der Waals surface area contributed by atoms with Gasteiger partial charge in [-0.2, -0.15) is 0 Å². The number of hydrogen-bond acceptors (Lipinski definition) is 1. The predicted molar refractivity (Wildman–Crippen MR) is 76.4 cm³/mol. The number of aliphatic carboxylic acids is 1. The van der Waals surface area contributed by atoms with Gasteiger partial charge in [0.25, 0.3) is 0 Å². The van der Waals surface area contributed by atoms with Gasteiger partial charge in [-0.25, -0.2) is 0 Å². The van der Waals surface area contributed by atoms with Crippen LogP contribution in [-0.2, 0) is 4.79 Å². The van der Waals surface area contributed by atoms with Crippen LogP contribution in [0.1, 0.15) is 37.7 Å². The summed E-state index contributed by atoms with van der Waals surface area (Å²) in [5, 5.41) is 10.0. The van der Waals surface area contributed by atoms with Crippen molar-refractivity contribution in [2.75, 3.05) is 0 Å². The summed E-state index contributed by atoms with van der Waals surface area (Å²) >= 11 is 23.9. The number of unbranched alkanes of at least 4 members (excludes halogenated alkanes) is 1. The summed E-state index contributed by atoms with van der Waals surface area (Å²) in [6.45, 7) is 1.98. The first-order chi connectivity index (χ1) is 8.40. The minimum atomic E-state index is -0.981. The highest BCUT2D eigenvalue weighted by Crippen LogP contribution is 2.42. The summed E-state index contributed by atoms with van der Waals surface area (Å²) in [6, 6.07) is 1.41. The van der Waals surface area contributed by atoms with Gasteiger partial charge in [0, 0.05) is 5.56 Å². The maximum Gasteiger partial charge on any atom is 0.311 e. The number of halogens is 4. The van der Waals surface area contributed by atoms with Gasteiger partial charge >= 0.3 is 5.97 Å². The number of carbonyl (C=O) groups is 1. The van der Waals surface area contributed by atoms with E-state index in [-0.39, 0.29) is 20.1 Å². The Balaban J connectivity index is 3.31. The molecule has 0 aliphatic heterocycles. The molecule has 0 aliphatic rings. The summed E-state index contributed by atoms with van der Waals surface area (Å²) in [5.41, 5.74) is 0.303. The topological polar surface area (TPSA) is 37.3 Å². The van der Waals surface area contributed by atoms with Crippen LogP contribution in [0.15, 0.2) is 6.07 Å². The number of carboxylic acid groups (broad SMARTS) is 1. The van der Waals surface area contributed by atoms with Crippen molar-refractivity contribution in [1.82, 2.24) is 0 Å². The van der Waals surface area contributed by atoms with E-state index >= 15 is 0 Å². The number of rotatable bonds is 5. The van der Waals surface area contributed by atoms with Crippen molar-refractivity contribution >= 4 is 52.4 Å². The molecule has 0 aromatic heterocycles. The van der Waals surface area contributed by atoms with Gasteiger partial charge in [-0.05, 0) is 12.5 Å². The van der Waals surface area contributed by atoms with E-state index in [0.29, 0.717) is 12.0 Å². The molecule has 2 nitrogen and oxygen atoms in total. The molecule has 1 aromatic carbocycles. The molecule has 1 unspecified atom stereocenters. The van der Waals surface area contributed by atoms with Gasteiger partial charge in [0.1, 0.15) is 0 Å². The van der Waals surface area contributed by atoms with E-state index in [1.54, 1.807) is 0 Å². The molecule has 1 N–H and O–H groups in total. The second-order valence-electron chi connectivity index (χ2n) is 3.91. The first kappa shape index (κ1) is 15.9. The Morgan fingerprint density at radius 2 is 1.72 bits per heavy atom. The number of carboxylic acids is 1. The maximum absolute atomic E-state index is 11.3. The zero-order chi connectivity index (χ0) is 13.9. The largest absolute Gasteiger partial charge is 0.481 e. The zero-order valence-electron chi connectivity index (χ0n) is 9.64. The third-order valence-corrected chi connectivity index (χ3v) is 4.24. The molecule has 0 bridgehead atoms. The summed E-state index contributed by atoms with van der Waals surface area (Å²) in [6.07, 6.45) is 2.09.